The molecule has 153 valence electrons. The Hall–Kier alpha value is -3.74. The van der Waals surface area contributed by atoms with Crippen molar-refractivity contribution in [3.63, 3.8) is 0 Å². The second kappa shape index (κ2) is 9.38. The smallest absolute Gasteiger partial charge is 0.0659 e. The quantitative estimate of drug-likeness (QED) is 0.312. The minimum Gasteiger partial charge on any atom is -0.355 e. The molecule has 0 spiro atoms. The third-order valence-corrected chi connectivity index (χ3v) is 4.61. The van der Waals surface area contributed by atoms with Gasteiger partial charge in [-0.2, -0.15) is 0 Å². The predicted molar refractivity (Wildman–Crippen MR) is 123 cm³/mol. The fourth-order valence-electron chi connectivity index (χ4n) is 3.26. The fraction of sp³-hybridized carbons (Fsp3) is 0. The van der Waals surface area contributed by atoms with Gasteiger partial charge in [0.05, 0.1) is 22.8 Å². The monoisotopic (exact) mass is 448 g/mol. The Labute approximate surface area is 189 Å². The second-order valence-electron chi connectivity index (χ2n) is 6.93. The van der Waals surface area contributed by atoms with Crippen LogP contribution in [0.2, 0.25) is 0 Å². The molecule has 6 heterocycles. The van der Waals surface area contributed by atoms with Crippen LogP contribution in [0, 0.1) is 0 Å². The molecule has 2 aliphatic heterocycles. The van der Waals surface area contributed by atoms with Crippen molar-refractivity contribution in [1.82, 2.24) is 24.9 Å². The Kier molecular flexibility index (Phi) is 6.21. The molecule has 1 radical (unpaired) electrons. The van der Waals surface area contributed by atoms with Crippen molar-refractivity contribution in [2.45, 2.75) is 0 Å². The van der Waals surface area contributed by atoms with Crippen molar-refractivity contribution in [1.29, 1.82) is 0 Å². The molecule has 6 rings (SSSR count). The van der Waals surface area contributed by atoms with E-state index in [2.05, 4.69) is 55.3 Å². The van der Waals surface area contributed by atoms with Gasteiger partial charge in [0.25, 0.3) is 0 Å². The first kappa shape index (κ1) is 20.5. The number of nitrogens with one attached hydrogen (secondary N) is 2. The van der Waals surface area contributed by atoms with Gasteiger partial charge in [-0.25, -0.2) is 9.97 Å². The van der Waals surface area contributed by atoms with E-state index in [1.54, 1.807) is 12.4 Å². The van der Waals surface area contributed by atoms with Crippen molar-refractivity contribution in [2.24, 2.45) is 0 Å². The Morgan fingerprint density at radius 3 is 1.29 bits per heavy atom. The number of rotatable bonds is 0. The molecule has 0 saturated heterocycles. The molecular weight excluding hydrogens is 429 g/mol. The number of hydrogen-bond acceptors (Lipinski definition) is 3. The number of hydrogen-bond donors (Lipinski definition) is 2. The SMILES string of the molecule is C1=Cc2cc3ccc(cc4ccc(cc5nc(cc1n2)C=C5)[nH]4)[nH]3.[Co].c1ccncc1. The van der Waals surface area contributed by atoms with Gasteiger partial charge in [-0.05, 0) is 85.0 Å². The predicted octanol–water partition coefficient (Wildman–Crippen LogP) is 5.73. The molecule has 0 aliphatic carbocycles. The molecule has 0 unspecified atom stereocenters. The van der Waals surface area contributed by atoms with E-state index in [-0.39, 0.29) is 16.8 Å². The standard InChI is InChI=1S/C20H14N4.C5H5N.Co/c1-2-14-10-16-5-6-18(23-16)12-20-8-7-19(24-20)11-17-4-3-15(22-17)9-13(1)21-14;1-2-4-6-5-3-1;/h1-12,21-22H;1-5H;. The maximum atomic E-state index is 4.62. The summed E-state index contributed by atoms with van der Waals surface area (Å²) in [6.07, 6.45) is 11.5. The third kappa shape index (κ3) is 5.25. The average molecular weight is 448 g/mol. The first-order chi connectivity index (χ1) is 14.8. The molecule has 0 saturated carbocycles. The summed E-state index contributed by atoms with van der Waals surface area (Å²) in [4.78, 5) is 19.8. The average Bonchev–Trinajstić information content (AvgIpc) is 3.56. The minimum atomic E-state index is 0. The fourth-order valence-corrected chi connectivity index (χ4v) is 3.26. The molecule has 2 aliphatic rings. The van der Waals surface area contributed by atoms with Gasteiger partial charge in [-0.3, -0.25) is 4.98 Å². The van der Waals surface area contributed by atoms with Crippen LogP contribution in [0.15, 0.2) is 79.1 Å². The maximum absolute atomic E-state index is 4.62. The van der Waals surface area contributed by atoms with Crippen LogP contribution in [0.1, 0.15) is 22.8 Å². The number of H-pyrrole nitrogens is 2. The molecule has 0 atom stereocenters. The minimum absolute atomic E-state index is 0. The number of aromatic amines is 2. The molecule has 5 nitrogen and oxygen atoms in total. The van der Waals surface area contributed by atoms with Gasteiger partial charge in [-0.15, -0.1) is 0 Å². The third-order valence-electron chi connectivity index (χ3n) is 4.61. The van der Waals surface area contributed by atoms with Crippen molar-refractivity contribution < 1.29 is 16.8 Å². The van der Waals surface area contributed by atoms with Crippen LogP contribution < -0.4 is 0 Å². The van der Waals surface area contributed by atoms with E-state index in [0.717, 1.165) is 44.8 Å². The van der Waals surface area contributed by atoms with Gasteiger partial charge >= 0.3 is 0 Å². The van der Waals surface area contributed by atoms with Crippen LogP contribution in [0.25, 0.3) is 46.4 Å². The van der Waals surface area contributed by atoms with Gasteiger partial charge < -0.3 is 9.97 Å². The summed E-state index contributed by atoms with van der Waals surface area (Å²) >= 11 is 0. The summed E-state index contributed by atoms with van der Waals surface area (Å²) < 4.78 is 0. The second-order valence-corrected chi connectivity index (χ2v) is 6.93. The molecular formula is C25H19CoN5. The molecule has 2 N–H and O–H groups in total. The first-order valence-electron chi connectivity index (χ1n) is 9.70. The summed E-state index contributed by atoms with van der Waals surface area (Å²) in [5.41, 5.74) is 7.86. The van der Waals surface area contributed by atoms with Gasteiger partial charge in [0.2, 0.25) is 0 Å². The molecule has 0 fully saturated rings. The van der Waals surface area contributed by atoms with Crippen molar-refractivity contribution in [3.8, 4) is 0 Å². The van der Waals surface area contributed by atoms with E-state index < -0.39 is 0 Å². The van der Waals surface area contributed by atoms with Crippen LogP contribution in [0.5, 0.6) is 0 Å². The van der Waals surface area contributed by atoms with Crippen molar-refractivity contribution in [2.75, 3.05) is 0 Å². The molecule has 4 aromatic heterocycles. The zero-order valence-corrected chi connectivity index (χ0v) is 17.5. The maximum Gasteiger partial charge on any atom is 0.0659 e. The number of pyridine rings is 1. The van der Waals surface area contributed by atoms with E-state index in [1.807, 2.05) is 60.7 Å². The van der Waals surface area contributed by atoms with Gasteiger partial charge in [0.15, 0.2) is 0 Å². The van der Waals surface area contributed by atoms with E-state index in [0.29, 0.717) is 0 Å². The van der Waals surface area contributed by atoms with Gasteiger partial charge in [-0.1, -0.05) is 6.07 Å². The van der Waals surface area contributed by atoms with E-state index >= 15 is 0 Å². The van der Waals surface area contributed by atoms with E-state index in [4.69, 9.17) is 0 Å². The van der Waals surface area contributed by atoms with Crippen LogP contribution in [0.4, 0.5) is 0 Å². The summed E-state index contributed by atoms with van der Waals surface area (Å²) in [7, 11) is 0. The van der Waals surface area contributed by atoms with Crippen LogP contribution in [-0.2, 0) is 16.8 Å². The molecule has 4 aromatic rings. The van der Waals surface area contributed by atoms with Gasteiger partial charge in [0, 0.05) is 51.2 Å². The van der Waals surface area contributed by atoms with Gasteiger partial charge in [0.1, 0.15) is 0 Å². The number of aromatic nitrogens is 5. The normalized spacial score (nSPS) is 11.4. The Morgan fingerprint density at radius 2 is 0.903 bits per heavy atom. The van der Waals surface area contributed by atoms with E-state index in [1.165, 1.54) is 0 Å². The molecule has 6 heteroatoms. The van der Waals surface area contributed by atoms with Crippen LogP contribution in [-0.4, -0.2) is 24.9 Å². The Morgan fingerprint density at radius 1 is 0.484 bits per heavy atom. The zero-order chi connectivity index (χ0) is 20.2. The first-order valence-corrected chi connectivity index (χ1v) is 9.70. The van der Waals surface area contributed by atoms with Crippen molar-refractivity contribution >= 4 is 46.4 Å². The molecule has 8 bridgehead atoms. The van der Waals surface area contributed by atoms with Crippen molar-refractivity contribution in [3.05, 3.63) is 102 Å². The largest absolute Gasteiger partial charge is 0.355 e. The zero-order valence-electron chi connectivity index (χ0n) is 16.5. The summed E-state index contributed by atoms with van der Waals surface area (Å²) in [6.45, 7) is 0. The summed E-state index contributed by atoms with van der Waals surface area (Å²) in [6, 6.07) is 22.1. The Balaban J connectivity index is 0.000000288. The van der Waals surface area contributed by atoms with Crippen LogP contribution >= 0.6 is 0 Å². The molecule has 0 aromatic carbocycles. The topological polar surface area (TPSA) is 70.2 Å². The summed E-state index contributed by atoms with van der Waals surface area (Å²) in [5, 5.41) is 0. The van der Waals surface area contributed by atoms with Crippen LogP contribution in [0.3, 0.4) is 0 Å². The number of nitrogens with zero attached hydrogens (tertiary/aromatic N) is 3. The van der Waals surface area contributed by atoms with E-state index in [9.17, 15) is 0 Å². The Bertz CT molecular complexity index is 1280. The molecule has 31 heavy (non-hydrogen) atoms. The molecule has 0 amide bonds. The summed E-state index contributed by atoms with van der Waals surface area (Å²) in [5.74, 6) is 0. The number of fused-ring (bicyclic) bond motifs is 8.